The SMILES string of the molecule is [C-]#[N+]c1cnc2c(NC3CC3)nc(Nc3cc(C#N)cc(N4CCN(NC(C)=O)CC4)c3Cl)nn12. The van der Waals surface area contributed by atoms with E-state index < -0.39 is 0 Å². The highest BCUT2D eigenvalue weighted by Gasteiger charge is 2.26. The molecular formula is C22H22ClN11O. The van der Waals surface area contributed by atoms with Crippen LogP contribution in [0.5, 0.6) is 0 Å². The summed E-state index contributed by atoms with van der Waals surface area (Å²) in [6.45, 7) is 11.4. The van der Waals surface area contributed by atoms with Crippen molar-refractivity contribution in [1.82, 2.24) is 30.0 Å². The molecule has 3 N–H and O–H groups in total. The van der Waals surface area contributed by atoms with Crippen LogP contribution in [0.3, 0.4) is 0 Å². The maximum Gasteiger partial charge on any atom is 0.275 e. The van der Waals surface area contributed by atoms with Gasteiger partial charge in [0.25, 0.3) is 17.4 Å². The predicted molar refractivity (Wildman–Crippen MR) is 131 cm³/mol. The first-order valence-electron chi connectivity index (χ1n) is 11.1. The summed E-state index contributed by atoms with van der Waals surface area (Å²) in [6, 6.07) is 5.90. The Balaban J connectivity index is 1.46. The second-order valence-electron chi connectivity index (χ2n) is 8.40. The molecule has 12 nitrogen and oxygen atoms in total. The van der Waals surface area contributed by atoms with Crippen molar-refractivity contribution in [1.29, 1.82) is 5.26 Å². The largest absolute Gasteiger partial charge is 0.368 e. The number of hydrazine groups is 1. The van der Waals surface area contributed by atoms with E-state index in [0.29, 0.717) is 65.6 Å². The molecule has 178 valence electrons. The fraction of sp³-hybridized carbons (Fsp3) is 0.364. The van der Waals surface area contributed by atoms with E-state index in [1.165, 1.54) is 17.6 Å². The molecule has 1 aliphatic carbocycles. The van der Waals surface area contributed by atoms with E-state index >= 15 is 0 Å². The Morgan fingerprint density at radius 1 is 1.29 bits per heavy atom. The number of amides is 1. The van der Waals surface area contributed by atoms with Crippen LogP contribution >= 0.6 is 11.6 Å². The molecule has 5 rings (SSSR count). The van der Waals surface area contributed by atoms with Crippen LogP contribution in [0.4, 0.5) is 29.0 Å². The van der Waals surface area contributed by atoms with Crippen molar-refractivity contribution >= 4 is 52.1 Å². The number of imidazole rings is 1. The van der Waals surface area contributed by atoms with E-state index in [2.05, 4.69) is 46.9 Å². The van der Waals surface area contributed by atoms with Crippen LogP contribution in [0, 0.1) is 17.9 Å². The standard InChI is InChI=1S/C22H22ClN11O/c1-13(35)30-33-7-5-32(6-8-33)17-10-14(11-24)9-16(19(17)23)28-22-29-20(27-15-3-4-15)21-26-12-18(25-2)34(21)31-22/h9-10,12,15H,3-8H2,1H3,(H,30,35)(H2,27,28,29,31). The van der Waals surface area contributed by atoms with Crippen molar-refractivity contribution in [2.45, 2.75) is 25.8 Å². The van der Waals surface area contributed by atoms with Crippen LogP contribution in [-0.2, 0) is 4.79 Å². The zero-order chi connectivity index (χ0) is 24.5. The van der Waals surface area contributed by atoms with E-state index in [1.54, 1.807) is 12.1 Å². The molecule has 1 aliphatic heterocycles. The van der Waals surface area contributed by atoms with Crippen LogP contribution in [-0.4, -0.2) is 62.7 Å². The lowest BCUT2D eigenvalue weighted by atomic mass is 10.1. The molecule has 2 aromatic heterocycles. The Morgan fingerprint density at radius 2 is 2.06 bits per heavy atom. The fourth-order valence-corrected chi connectivity index (χ4v) is 4.19. The molecule has 0 radical (unpaired) electrons. The number of anilines is 4. The third kappa shape index (κ3) is 4.75. The Labute approximate surface area is 206 Å². The smallest absolute Gasteiger partial charge is 0.275 e. The van der Waals surface area contributed by atoms with Gasteiger partial charge in [-0.25, -0.2) is 9.99 Å². The summed E-state index contributed by atoms with van der Waals surface area (Å²) in [4.78, 5) is 25.8. The van der Waals surface area contributed by atoms with Crippen LogP contribution in [0.25, 0.3) is 10.5 Å². The number of benzene rings is 1. The number of rotatable bonds is 6. The zero-order valence-corrected chi connectivity index (χ0v) is 19.7. The van der Waals surface area contributed by atoms with Crippen LogP contribution in [0.1, 0.15) is 25.3 Å². The molecule has 2 fully saturated rings. The first kappa shape index (κ1) is 22.7. The third-order valence-corrected chi connectivity index (χ3v) is 6.14. The Hall–Kier alpha value is -4.13. The molecule has 1 amide bonds. The van der Waals surface area contributed by atoms with Gasteiger partial charge in [0.1, 0.15) is 0 Å². The Bertz CT molecular complexity index is 1380. The molecule has 3 aromatic rings. The van der Waals surface area contributed by atoms with Gasteiger partial charge >= 0.3 is 0 Å². The molecule has 0 atom stereocenters. The van der Waals surface area contributed by atoms with Crippen LogP contribution in [0.15, 0.2) is 18.3 Å². The van der Waals surface area contributed by atoms with Gasteiger partial charge in [-0.15, -0.1) is 4.52 Å². The normalized spacial score (nSPS) is 15.9. The van der Waals surface area contributed by atoms with Crippen molar-refractivity contribution in [2.75, 3.05) is 41.7 Å². The van der Waals surface area contributed by atoms with Gasteiger partial charge in [0.05, 0.1) is 34.2 Å². The third-order valence-electron chi connectivity index (χ3n) is 5.74. The van der Waals surface area contributed by atoms with Crippen LogP contribution < -0.4 is 21.0 Å². The number of aromatic nitrogens is 4. The van der Waals surface area contributed by atoms with Gasteiger partial charge in [0, 0.05) is 39.1 Å². The molecular weight excluding hydrogens is 470 g/mol. The van der Waals surface area contributed by atoms with Crippen molar-refractivity contribution in [3.8, 4) is 6.07 Å². The molecule has 1 saturated carbocycles. The number of nitrogens with one attached hydrogen (secondary N) is 3. The van der Waals surface area contributed by atoms with E-state index in [-0.39, 0.29) is 17.7 Å². The number of piperazine rings is 1. The first-order valence-corrected chi connectivity index (χ1v) is 11.5. The Morgan fingerprint density at radius 3 is 2.71 bits per heavy atom. The minimum absolute atomic E-state index is 0.110. The van der Waals surface area contributed by atoms with E-state index in [9.17, 15) is 10.1 Å². The van der Waals surface area contributed by atoms with E-state index in [4.69, 9.17) is 18.2 Å². The fourth-order valence-electron chi connectivity index (χ4n) is 3.91. The summed E-state index contributed by atoms with van der Waals surface area (Å²) >= 11 is 6.80. The van der Waals surface area contributed by atoms with Crippen molar-refractivity contribution < 1.29 is 4.79 Å². The lowest BCUT2D eigenvalue weighted by molar-refractivity contribution is -0.123. The van der Waals surface area contributed by atoms with Gasteiger partial charge in [-0.1, -0.05) is 23.3 Å². The maximum atomic E-state index is 11.3. The first-order chi connectivity index (χ1) is 16.9. The number of fused-ring (bicyclic) bond motifs is 1. The molecule has 0 bridgehead atoms. The molecule has 3 heterocycles. The second kappa shape index (κ2) is 9.25. The number of hydrogen-bond donors (Lipinski definition) is 3. The summed E-state index contributed by atoms with van der Waals surface area (Å²) in [5.41, 5.74) is 4.89. The lowest BCUT2D eigenvalue weighted by Crippen LogP contribution is -2.53. The van der Waals surface area contributed by atoms with Gasteiger partial charge in [-0.05, 0) is 25.0 Å². The van der Waals surface area contributed by atoms with E-state index in [0.717, 1.165) is 12.8 Å². The van der Waals surface area contributed by atoms with Crippen molar-refractivity contribution in [3.05, 3.63) is 40.3 Å². The summed E-state index contributed by atoms with van der Waals surface area (Å²) in [7, 11) is 0. The second-order valence-corrected chi connectivity index (χ2v) is 8.78. The monoisotopic (exact) mass is 491 g/mol. The molecule has 13 heteroatoms. The number of carbonyl (C=O) groups is 1. The quantitative estimate of drug-likeness (QED) is 0.445. The van der Waals surface area contributed by atoms with Gasteiger partial charge in [0.15, 0.2) is 5.82 Å². The highest BCUT2D eigenvalue weighted by Crippen LogP contribution is 2.37. The molecule has 0 spiro atoms. The van der Waals surface area contributed by atoms with Crippen molar-refractivity contribution in [3.63, 3.8) is 0 Å². The topological polar surface area (TPSA) is 131 Å². The number of hydrogen-bond acceptors (Lipinski definition) is 9. The molecule has 1 aromatic carbocycles. The maximum absolute atomic E-state index is 11.3. The van der Waals surface area contributed by atoms with Gasteiger partial charge in [-0.2, -0.15) is 10.2 Å². The highest BCUT2D eigenvalue weighted by molar-refractivity contribution is 6.36. The molecule has 35 heavy (non-hydrogen) atoms. The van der Waals surface area contributed by atoms with Crippen molar-refractivity contribution in [2.24, 2.45) is 0 Å². The number of nitriles is 1. The van der Waals surface area contributed by atoms with Gasteiger partial charge < -0.3 is 20.4 Å². The minimum atomic E-state index is -0.110. The number of nitrogens with zero attached hydrogens (tertiary/aromatic N) is 8. The number of halogens is 1. The molecule has 0 unspecified atom stereocenters. The summed E-state index contributed by atoms with van der Waals surface area (Å²) in [5, 5.41) is 22.8. The minimum Gasteiger partial charge on any atom is -0.368 e. The Kier molecular flexibility index (Phi) is 5.99. The van der Waals surface area contributed by atoms with Gasteiger partial charge in [0.2, 0.25) is 5.91 Å². The molecule has 2 aliphatic rings. The average Bonchev–Trinajstić information content (AvgIpc) is 3.56. The summed E-state index contributed by atoms with van der Waals surface area (Å²) < 4.78 is 1.44. The van der Waals surface area contributed by atoms with Gasteiger partial charge in [-0.3, -0.25) is 10.2 Å². The summed E-state index contributed by atoms with van der Waals surface area (Å²) in [6.07, 6.45) is 3.55. The lowest BCUT2D eigenvalue weighted by Gasteiger charge is -2.36. The van der Waals surface area contributed by atoms with E-state index in [1.807, 2.05) is 5.01 Å². The van der Waals surface area contributed by atoms with Crippen LogP contribution in [0.2, 0.25) is 5.02 Å². The highest BCUT2D eigenvalue weighted by atomic mass is 35.5. The average molecular weight is 492 g/mol. The zero-order valence-electron chi connectivity index (χ0n) is 18.9. The predicted octanol–water partition coefficient (Wildman–Crippen LogP) is 2.69. The number of carbonyl (C=O) groups excluding carboxylic acids is 1. The molecule has 1 saturated heterocycles. The summed E-state index contributed by atoms with van der Waals surface area (Å²) in [5.74, 6) is 0.906.